The molecule has 3 unspecified atom stereocenters. The maximum absolute atomic E-state index is 12.3. The van der Waals surface area contributed by atoms with E-state index in [9.17, 15) is 4.79 Å². The maximum Gasteiger partial charge on any atom is 0.224 e. The molecule has 2 saturated heterocycles. The van der Waals surface area contributed by atoms with Gasteiger partial charge in [0.15, 0.2) is 0 Å². The molecule has 1 aromatic carbocycles. The van der Waals surface area contributed by atoms with Crippen molar-refractivity contribution in [2.24, 2.45) is 5.73 Å². The van der Waals surface area contributed by atoms with Crippen LogP contribution in [0.25, 0.3) is 0 Å². The van der Waals surface area contributed by atoms with Crippen molar-refractivity contribution in [3.63, 3.8) is 0 Å². The van der Waals surface area contributed by atoms with Crippen molar-refractivity contribution >= 4 is 5.91 Å². The van der Waals surface area contributed by atoms with E-state index < -0.39 is 0 Å². The minimum Gasteiger partial charge on any atom is -0.376 e. The third-order valence-corrected chi connectivity index (χ3v) is 4.63. The summed E-state index contributed by atoms with van der Waals surface area (Å²) in [5, 5.41) is 0. The second-order valence-electron chi connectivity index (χ2n) is 6.09. The van der Waals surface area contributed by atoms with Gasteiger partial charge in [0.25, 0.3) is 0 Å². The average molecular weight is 288 g/mol. The highest BCUT2D eigenvalue weighted by atomic mass is 16.5. The van der Waals surface area contributed by atoms with Crippen LogP contribution in [0.4, 0.5) is 0 Å². The van der Waals surface area contributed by atoms with Gasteiger partial charge in [-0.2, -0.15) is 0 Å². The second-order valence-corrected chi connectivity index (χ2v) is 6.09. The quantitative estimate of drug-likeness (QED) is 0.922. The summed E-state index contributed by atoms with van der Waals surface area (Å²) in [4.78, 5) is 14.2. The van der Waals surface area contributed by atoms with Gasteiger partial charge in [-0.15, -0.1) is 0 Å². The van der Waals surface area contributed by atoms with Crippen LogP contribution in [-0.2, 0) is 16.0 Å². The van der Waals surface area contributed by atoms with Crippen molar-refractivity contribution in [1.29, 1.82) is 0 Å². The Kier molecular flexibility index (Phi) is 4.27. The van der Waals surface area contributed by atoms with Crippen LogP contribution in [0.3, 0.4) is 0 Å². The molecule has 1 amide bonds. The van der Waals surface area contributed by atoms with Crippen LogP contribution in [0.2, 0.25) is 0 Å². The van der Waals surface area contributed by atoms with Crippen LogP contribution in [-0.4, -0.2) is 36.1 Å². The third-order valence-electron chi connectivity index (χ3n) is 4.63. The van der Waals surface area contributed by atoms with E-state index in [-0.39, 0.29) is 24.1 Å². The van der Waals surface area contributed by atoms with Gasteiger partial charge in [-0.1, -0.05) is 31.2 Å². The highest BCUT2D eigenvalue weighted by Crippen LogP contribution is 2.33. The van der Waals surface area contributed by atoms with Crippen LogP contribution in [0, 0.1) is 0 Å². The maximum atomic E-state index is 12.3. The number of benzene rings is 1. The van der Waals surface area contributed by atoms with Gasteiger partial charge >= 0.3 is 0 Å². The van der Waals surface area contributed by atoms with E-state index in [1.807, 2.05) is 4.90 Å². The molecule has 114 valence electrons. The number of hydrogen-bond donors (Lipinski definition) is 1. The van der Waals surface area contributed by atoms with E-state index in [0.29, 0.717) is 13.0 Å². The predicted molar refractivity (Wildman–Crippen MR) is 81.8 cm³/mol. The molecular formula is C17H24N2O2. The van der Waals surface area contributed by atoms with Crippen LogP contribution in [0.1, 0.15) is 43.4 Å². The SMILES string of the molecule is CCc1ccc(C2C(N)CC(=O)N2CC2CCCO2)cc1. The number of rotatable bonds is 4. The minimum absolute atomic E-state index is 0.00685. The van der Waals surface area contributed by atoms with Gasteiger partial charge in [-0.3, -0.25) is 4.79 Å². The van der Waals surface area contributed by atoms with Crippen molar-refractivity contribution in [2.75, 3.05) is 13.2 Å². The Morgan fingerprint density at radius 2 is 2.10 bits per heavy atom. The number of likely N-dealkylation sites (tertiary alicyclic amines) is 1. The molecule has 3 rings (SSSR count). The molecule has 2 aliphatic rings. The minimum atomic E-state index is -0.119. The number of nitrogens with zero attached hydrogens (tertiary/aromatic N) is 1. The van der Waals surface area contributed by atoms with Gasteiger partial charge in [0.2, 0.25) is 5.91 Å². The zero-order valence-electron chi connectivity index (χ0n) is 12.6. The molecule has 2 aliphatic heterocycles. The summed E-state index contributed by atoms with van der Waals surface area (Å²) in [6.07, 6.45) is 3.77. The number of hydrogen-bond acceptors (Lipinski definition) is 3. The lowest BCUT2D eigenvalue weighted by molar-refractivity contribution is -0.130. The zero-order chi connectivity index (χ0) is 14.8. The third kappa shape index (κ3) is 2.97. The topological polar surface area (TPSA) is 55.6 Å². The van der Waals surface area contributed by atoms with Crippen molar-refractivity contribution in [1.82, 2.24) is 4.90 Å². The van der Waals surface area contributed by atoms with Crippen molar-refractivity contribution < 1.29 is 9.53 Å². The first-order valence-corrected chi connectivity index (χ1v) is 7.94. The number of ether oxygens (including phenoxy) is 1. The normalized spacial score (nSPS) is 29.3. The number of carbonyl (C=O) groups excluding carboxylic acids is 1. The molecule has 2 heterocycles. The summed E-state index contributed by atoms with van der Waals surface area (Å²) in [6.45, 7) is 3.63. The summed E-state index contributed by atoms with van der Waals surface area (Å²) in [5.74, 6) is 0.155. The molecule has 1 aromatic rings. The lowest BCUT2D eigenvalue weighted by Gasteiger charge is -2.29. The fourth-order valence-electron chi connectivity index (χ4n) is 3.42. The fraction of sp³-hybridized carbons (Fsp3) is 0.588. The van der Waals surface area contributed by atoms with Gasteiger partial charge in [0.1, 0.15) is 0 Å². The molecule has 0 aliphatic carbocycles. The first-order valence-electron chi connectivity index (χ1n) is 7.94. The summed E-state index contributed by atoms with van der Waals surface area (Å²) in [6, 6.07) is 8.37. The molecule has 0 bridgehead atoms. The number of aryl methyl sites for hydroxylation is 1. The molecular weight excluding hydrogens is 264 g/mol. The largest absolute Gasteiger partial charge is 0.376 e. The summed E-state index contributed by atoms with van der Waals surface area (Å²) < 4.78 is 5.68. The first kappa shape index (κ1) is 14.5. The van der Waals surface area contributed by atoms with E-state index in [2.05, 4.69) is 31.2 Å². The van der Waals surface area contributed by atoms with E-state index in [1.54, 1.807) is 0 Å². The molecule has 4 nitrogen and oxygen atoms in total. The van der Waals surface area contributed by atoms with Gasteiger partial charge in [-0.05, 0) is 30.4 Å². The lowest BCUT2D eigenvalue weighted by Crippen LogP contribution is -2.38. The molecule has 4 heteroatoms. The fourth-order valence-corrected chi connectivity index (χ4v) is 3.42. The van der Waals surface area contributed by atoms with Crippen LogP contribution >= 0.6 is 0 Å². The number of nitrogens with two attached hydrogens (primary N) is 1. The Hall–Kier alpha value is -1.39. The molecule has 2 fully saturated rings. The second kappa shape index (κ2) is 6.16. The Morgan fingerprint density at radius 3 is 2.71 bits per heavy atom. The zero-order valence-corrected chi connectivity index (χ0v) is 12.6. The Balaban J connectivity index is 1.80. The first-order chi connectivity index (χ1) is 10.2. The Labute approximate surface area is 126 Å². The standard InChI is InChI=1S/C17H24N2O2/c1-2-12-5-7-13(8-6-12)17-15(18)10-16(20)19(17)11-14-4-3-9-21-14/h5-8,14-15,17H,2-4,9-11,18H2,1H3. The molecule has 2 N–H and O–H groups in total. The smallest absolute Gasteiger partial charge is 0.224 e. The van der Waals surface area contributed by atoms with Gasteiger partial charge < -0.3 is 15.4 Å². The molecule has 21 heavy (non-hydrogen) atoms. The van der Waals surface area contributed by atoms with Gasteiger partial charge in [-0.25, -0.2) is 0 Å². The summed E-state index contributed by atoms with van der Waals surface area (Å²) >= 11 is 0. The molecule has 0 spiro atoms. The molecule has 0 radical (unpaired) electrons. The molecule has 3 atom stereocenters. The molecule has 0 saturated carbocycles. The van der Waals surface area contributed by atoms with Crippen molar-refractivity contribution in [3.8, 4) is 0 Å². The average Bonchev–Trinajstić information content (AvgIpc) is 3.09. The van der Waals surface area contributed by atoms with Gasteiger partial charge in [0, 0.05) is 25.6 Å². The highest BCUT2D eigenvalue weighted by Gasteiger charge is 2.39. The van der Waals surface area contributed by atoms with Crippen molar-refractivity contribution in [2.45, 2.75) is 50.8 Å². The number of amides is 1. The van der Waals surface area contributed by atoms with Crippen LogP contribution in [0.5, 0.6) is 0 Å². The summed E-state index contributed by atoms with van der Waals surface area (Å²) in [5.41, 5.74) is 8.68. The predicted octanol–water partition coefficient (Wildman–Crippen LogP) is 2.03. The Bertz CT molecular complexity index is 494. The Morgan fingerprint density at radius 1 is 1.33 bits per heavy atom. The highest BCUT2D eigenvalue weighted by molar-refractivity contribution is 5.80. The van der Waals surface area contributed by atoms with Crippen molar-refractivity contribution in [3.05, 3.63) is 35.4 Å². The van der Waals surface area contributed by atoms with Gasteiger partial charge in [0.05, 0.1) is 12.1 Å². The van der Waals surface area contributed by atoms with Crippen LogP contribution in [0.15, 0.2) is 24.3 Å². The molecule has 0 aromatic heterocycles. The lowest BCUT2D eigenvalue weighted by atomic mass is 9.98. The van der Waals surface area contributed by atoms with E-state index in [1.165, 1.54) is 5.56 Å². The monoisotopic (exact) mass is 288 g/mol. The van der Waals surface area contributed by atoms with Crippen LogP contribution < -0.4 is 5.73 Å². The van der Waals surface area contributed by atoms with E-state index >= 15 is 0 Å². The van der Waals surface area contributed by atoms with E-state index in [4.69, 9.17) is 10.5 Å². The summed E-state index contributed by atoms with van der Waals surface area (Å²) in [7, 11) is 0. The van der Waals surface area contributed by atoms with E-state index in [0.717, 1.165) is 31.4 Å². The number of carbonyl (C=O) groups is 1.